The lowest BCUT2D eigenvalue weighted by atomic mass is 9.86. The van der Waals surface area contributed by atoms with Crippen LogP contribution in [0.15, 0.2) is 0 Å². The van der Waals surface area contributed by atoms with Crippen LogP contribution >= 0.6 is 0 Å². The van der Waals surface area contributed by atoms with Crippen LogP contribution < -0.4 is 0 Å². The number of piperidine rings is 1. The highest BCUT2D eigenvalue weighted by Gasteiger charge is 2.43. The first-order chi connectivity index (χ1) is 8.54. The van der Waals surface area contributed by atoms with E-state index in [-0.39, 0.29) is 0 Å². The van der Waals surface area contributed by atoms with Gasteiger partial charge in [0.1, 0.15) is 5.54 Å². The van der Waals surface area contributed by atoms with Crippen molar-refractivity contribution in [2.24, 2.45) is 0 Å². The van der Waals surface area contributed by atoms with Crippen molar-refractivity contribution >= 4 is 5.97 Å². The largest absolute Gasteiger partial charge is 0.480 e. The average molecular weight is 256 g/mol. The van der Waals surface area contributed by atoms with E-state index in [4.69, 9.17) is 4.74 Å². The normalized spacial score (nSPS) is 28.7. The summed E-state index contributed by atoms with van der Waals surface area (Å²) in [6, 6.07) is 0. The minimum absolute atomic E-state index is 0.363. The topological polar surface area (TPSA) is 53.0 Å². The van der Waals surface area contributed by atoms with E-state index in [0.29, 0.717) is 18.9 Å². The van der Waals surface area contributed by atoms with E-state index in [1.54, 1.807) is 0 Å². The van der Waals surface area contributed by atoms with Gasteiger partial charge in [-0.3, -0.25) is 9.69 Å². The number of ether oxygens (including phenoxy) is 1. The SMILES string of the molecule is CN(C)C1(C(=O)O)CCN(CC2CCCO2)CC1. The number of carboxylic acid groups (broad SMARTS) is 1. The molecule has 2 aliphatic rings. The molecule has 0 spiro atoms. The molecule has 0 bridgehead atoms. The molecule has 1 atom stereocenters. The number of likely N-dealkylation sites (tertiary alicyclic amines) is 1. The molecule has 2 aliphatic heterocycles. The molecule has 1 unspecified atom stereocenters. The van der Waals surface area contributed by atoms with Gasteiger partial charge in [-0.15, -0.1) is 0 Å². The smallest absolute Gasteiger partial charge is 0.324 e. The molecule has 5 nitrogen and oxygen atoms in total. The van der Waals surface area contributed by atoms with Crippen molar-refractivity contribution in [1.29, 1.82) is 0 Å². The molecule has 0 aliphatic carbocycles. The van der Waals surface area contributed by atoms with Crippen molar-refractivity contribution in [1.82, 2.24) is 9.80 Å². The first kappa shape index (κ1) is 13.8. The maximum Gasteiger partial charge on any atom is 0.324 e. The molecule has 0 aromatic carbocycles. The van der Waals surface area contributed by atoms with E-state index in [9.17, 15) is 9.90 Å². The third kappa shape index (κ3) is 2.68. The summed E-state index contributed by atoms with van der Waals surface area (Å²) in [7, 11) is 3.73. The van der Waals surface area contributed by atoms with Crippen molar-refractivity contribution in [2.45, 2.75) is 37.3 Å². The van der Waals surface area contributed by atoms with Crippen LogP contribution in [0.3, 0.4) is 0 Å². The molecule has 2 rings (SSSR count). The zero-order chi connectivity index (χ0) is 13.2. The maximum atomic E-state index is 11.5. The molecule has 5 heteroatoms. The van der Waals surface area contributed by atoms with E-state index in [1.807, 2.05) is 19.0 Å². The lowest BCUT2D eigenvalue weighted by molar-refractivity contribution is -0.153. The second-order valence-electron chi connectivity index (χ2n) is 5.67. The highest BCUT2D eigenvalue weighted by Crippen LogP contribution is 2.28. The minimum atomic E-state index is -0.690. The van der Waals surface area contributed by atoms with Crippen LogP contribution in [0.2, 0.25) is 0 Å². The van der Waals surface area contributed by atoms with Gasteiger partial charge < -0.3 is 14.7 Å². The Kier molecular flexibility index (Phi) is 4.25. The van der Waals surface area contributed by atoms with Gasteiger partial charge in [-0.25, -0.2) is 0 Å². The van der Waals surface area contributed by atoms with E-state index in [0.717, 1.165) is 39.1 Å². The monoisotopic (exact) mass is 256 g/mol. The summed E-state index contributed by atoms with van der Waals surface area (Å²) in [6.45, 7) is 3.55. The van der Waals surface area contributed by atoms with Crippen LogP contribution in [-0.2, 0) is 9.53 Å². The Balaban J connectivity index is 1.87. The number of rotatable bonds is 4. The van der Waals surface area contributed by atoms with Crippen LogP contribution in [-0.4, -0.2) is 72.9 Å². The minimum Gasteiger partial charge on any atom is -0.480 e. The number of hydrogen-bond acceptors (Lipinski definition) is 4. The van der Waals surface area contributed by atoms with Gasteiger partial charge in [-0.05, 0) is 39.8 Å². The predicted octanol–water partition coefficient (Wildman–Crippen LogP) is 0.646. The van der Waals surface area contributed by atoms with Crippen LogP contribution in [0.1, 0.15) is 25.7 Å². The van der Waals surface area contributed by atoms with Crippen LogP contribution in [0, 0.1) is 0 Å². The molecule has 18 heavy (non-hydrogen) atoms. The molecule has 1 N–H and O–H groups in total. The highest BCUT2D eigenvalue weighted by atomic mass is 16.5. The molecule has 2 heterocycles. The number of hydrogen-bond donors (Lipinski definition) is 1. The summed E-state index contributed by atoms with van der Waals surface area (Å²) in [5.41, 5.74) is -0.674. The molecule has 2 saturated heterocycles. The van der Waals surface area contributed by atoms with Gasteiger partial charge in [0.15, 0.2) is 0 Å². The standard InChI is InChI=1S/C13H24N2O3/c1-14(2)13(12(16)17)5-7-15(8-6-13)10-11-4-3-9-18-11/h11H,3-10H2,1-2H3,(H,16,17). The Morgan fingerprint density at radius 1 is 1.44 bits per heavy atom. The van der Waals surface area contributed by atoms with Gasteiger partial charge in [-0.1, -0.05) is 0 Å². The van der Waals surface area contributed by atoms with E-state index in [2.05, 4.69) is 4.90 Å². The average Bonchev–Trinajstić information content (AvgIpc) is 2.82. The predicted molar refractivity (Wildman–Crippen MR) is 68.7 cm³/mol. The van der Waals surface area contributed by atoms with Gasteiger partial charge in [0, 0.05) is 26.2 Å². The molecule has 0 aromatic rings. The van der Waals surface area contributed by atoms with Crippen molar-refractivity contribution in [2.75, 3.05) is 40.3 Å². The molecule has 0 saturated carbocycles. The Morgan fingerprint density at radius 2 is 2.11 bits per heavy atom. The summed E-state index contributed by atoms with van der Waals surface area (Å²) >= 11 is 0. The number of aliphatic carboxylic acids is 1. The van der Waals surface area contributed by atoms with Crippen LogP contribution in [0.5, 0.6) is 0 Å². The quantitative estimate of drug-likeness (QED) is 0.800. The van der Waals surface area contributed by atoms with Gasteiger partial charge >= 0.3 is 5.97 Å². The molecule has 0 amide bonds. The molecular formula is C13H24N2O3. The zero-order valence-corrected chi connectivity index (χ0v) is 11.4. The third-order valence-electron chi connectivity index (χ3n) is 4.42. The Bertz CT molecular complexity index is 293. The number of nitrogens with zero attached hydrogens (tertiary/aromatic N) is 2. The lowest BCUT2D eigenvalue weighted by Gasteiger charge is -2.43. The maximum absolute atomic E-state index is 11.5. The van der Waals surface area contributed by atoms with Crippen LogP contribution in [0.25, 0.3) is 0 Å². The molecule has 0 radical (unpaired) electrons. The fourth-order valence-electron chi connectivity index (χ4n) is 3.03. The van der Waals surface area contributed by atoms with Gasteiger partial charge in [0.25, 0.3) is 0 Å². The summed E-state index contributed by atoms with van der Waals surface area (Å²) in [6.07, 6.45) is 4.06. The summed E-state index contributed by atoms with van der Waals surface area (Å²) < 4.78 is 5.63. The van der Waals surface area contributed by atoms with Crippen molar-refractivity contribution in [3.05, 3.63) is 0 Å². The second-order valence-corrected chi connectivity index (χ2v) is 5.67. The van der Waals surface area contributed by atoms with Gasteiger partial charge in [0.05, 0.1) is 6.10 Å². The van der Waals surface area contributed by atoms with Crippen molar-refractivity contribution in [3.63, 3.8) is 0 Å². The Labute approximate surface area is 109 Å². The number of carboxylic acids is 1. The van der Waals surface area contributed by atoms with Crippen molar-refractivity contribution < 1.29 is 14.6 Å². The molecular weight excluding hydrogens is 232 g/mol. The summed E-state index contributed by atoms with van der Waals surface area (Å²) in [4.78, 5) is 15.7. The fraction of sp³-hybridized carbons (Fsp3) is 0.923. The van der Waals surface area contributed by atoms with Crippen LogP contribution in [0.4, 0.5) is 0 Å². The first-order valence-electron chi connectivity index (χ1n) is 6.79. The van der Waals surface area contributed by atoms with E-state index in [1.165, 1.54) is 0 Å². The first-order valence-corrected chi connectivity index (χ1v) is 6.79. The van der Waals surface area contributed by atoms with E-state index >= 15 is 0 Å². The number of likely N-dealkylation sites (N-methyl/N-ethyl adjacent to an activating group) is 1. The Morgan fingerprint density at radius 3 is 2.56 bits per heavy atom. The molecule has 104 valence electrons. The zero-order valence-electron chi connectivity index (χ0n) is 11.4. The lowest BCUT2D eigenvalue weighted by Crippen LogP contribution is -2.58. The molecule has 0 aromatic heterocycles. The number of carbonyl (C=O) groups is 1. The Hall–Kier alpha value is -0.650. The second kappa shape index (κ2) is 5.55. The highest BCUT2D eigenvalue weighted by molar-refractivity contribution is 5.78. The third-order valence-corrected chi connectivity index (χ3v) is 4.42. The molecule has 2 fully saturated rings. The summed E-state index contributed by atoms with van der Waals surface area (Å²) in [5, 5.41) is 9.44. The summed E-state index contributed by atoms with van der Waals surface area (Å²) in [5.74, 6) is -0.690. The fourth-order valence-corrected chi connectivity index (χ4v) is 3.03. The van der Waals surface area contributed by atoms with Crippen molar-refractivity contribution in [3.8, 4) is 0 Å². The van der Waals surface area contributed by atoms with Gasteiger partial charge in [-0.2, -0.15) is 0 Å². The van der Waals surface area contributed by atoms with Gasteiger partial charge in [0.2, 0.25) is 0 Å². The van der Waals surface area contributed by atoms with E-state index < -0.39 is 11.5 Å².